The topological polar surface area (TPSA) is 28.2 Å². The van der Waals surface area contributed by atoms with Gasteiger partial charge in [0, 0.05) is 30.6 Å². The fourth-order valence-corrected chi connectivity index (χ4v) is 2.55. The maximum absolute atomic E-state index is 4.33. The lowest BCUT2D eigenvalue weighted by atomic mass is 9.90. The maximum atomic E-state index is 4.33. The van der Waals surface area contributed by atoms with Gasteiger partial charge in [-0.05, 0) is 26.8 Å². The van der Waals surface area contributed by atoms with Gasteiger partial charge in [-0.25, -0.2) is 4.98 Å². The molecule has 0 radical (unpaired) electrons. The number of likely N-dealkylation sites (tertiary alicyclic amines) is 1. The van der Waals surface area contributed by atoms with E-state index in [1.165, 1.54) is 31.6 Å². The molecule has 1 aromatic heterocycles. The summed E-state index contributed by atoms with van der Waals surface area (Å²) in [5.41, 5.74) is 3.48. The normalized spacial score (nSPS) is 21.7. The summed E-state index contributed by atoms with van der Waals surface area (Å²) in [5.74, 6) is 0. The summed E-state index contributed by atoms with van der Waals surface area (Å²) in [6, 6.07) is 0. The summed E-state index contributed by atoms with van der Waals surface area (Å²) < 4.78 is 0. The Balaban J connectivity index is 1.84. The van der Waals surface area contributed by atoms with Crippen LogP contribution in [0.5, 0.6) is 0 Å². The molecule has 2 rings (SSSR count). The van der Waals surface area contributed by atoms with Gasteiger partial charge in [-0.1, -0.05) is 0 Å². The van der Waals surface area contributed by atoms with Crippen molar-refractivity contribution in [1.29, 1.82) is 0 Å². The van der Waals surface area contributed by atoms with Gasteiger partial charge in [-0.2, -0.15) is 0 Å². The van der Waals surface area contributed by atoms with Crippen molar-refractivity contribution in [3.63, 3.8) is 0 Å². The molecule has 0 saturated carbocycles. The van der Waals surface area contributed by atoms with Crippen LogP contribution in [0.25, 0.3) is 0 Å². The van der Waals surface area contributed by atoms with Gasteiger partial charge in [0.25, 0.3) is 0 Å². The lowest BCUT2D eigenvalue weighted by molar-refractivity contribution is 0.145. The van der Waals surface area contributed by atoms with Crippen molar-refractivity contribution in [2.75, 3.05) is 20.1 Å². The first-order valence-electron chi connectivity index (χ1n) is 5.50. The lowest BCUT2D eigenvalue weighted by Gasteiger charge is -2.39. The predicted octanol–water partition coefficient (Wildman–Crippen LogP) is 1.72. The number of hydrogen-bond acceptors (Lipinski definition) is 4. The molecule has 4 heteroatoms. The first-order chi connectivity index (χ1) is 7.22. The van der Waals surface area contributed by atoms with Crippen LogP contribution >= 0.6 is 11.3 Å². The lowest BCUT2D eigenvalue weighted by Crippen LogP contribution is -2.49. The molecule has 1 N–H and O–H groups in total. The molecule has 1 aliphatic rings. The van der Waals surface area contributed by atoms with E-state index in [0.29, 0.717) is 5.54 Å². The molecule has 15 heavy (non-hydrogen) atoms. The van der Waals surface area contributed by atoms with E-state index in [-0.39, 0.29) is 0 Å². The summed E-state index contributed by atoms with van der Waals surface area (Å²) in [6.45, 7) is 5.68. The predicted molar refractivity (Wildman–Crippen MR) is 64.1 cm³/mol. The average molecular weight is 225 g/mol. The smallest absolute Gasteiger partial charge is 0.0795 e. The Hall–Kier alpha value is -0.450. The molecular formula is C11H19N3S. The summed E-state index contributed by atoms with van der Waals surface area (Å²) in [6.07, 6.45) is 2.46. The van der Waals surface area contributed by atoms with Crippen molar-refractivity contribution in [3.8, 4) is 0 Å². The van der Waals surface area contributed by atoms with E-state index in [0.717, 1.165) is 6.54 Å². The van der Waals surface area contributed by atoms with Crippen LogP contribution < -0.4 is 5.32 Å². The van der Waals surface area contributed by atoms with E-state index in [1.807, 2.05) is 5.51 Å². The Labute approximate surface area is 95.5 Å². The van der Waals surface area contributed by atoms with Gasteiger partial charge in [0.05, 0.1) is 11.2 Å². The van der Waals surface area contributed by atoms with Crippen LogP contribution in [-0.2, 0) is 6.54 Å². The number of aromatic nitrogens is 1. The zero-order valence-corrected chi connectivity index (χ0v) is 10.3. The van der Waals surface area contributed by atoms with Crippen molar-refractivity contribution >= 4 is 11.3 Å². The average Bonchev–Trinajstić information content (AvgIpc) is 2.75. The van der Waals surface area contributed by atoms with E-state index in [1.54, 1.807) is 11.3 Å². The van der Waals surface area contributed by atoms with Gasteiger partial charge >= 0.3 is 0 Å². The summed E-state index contributed by atoms with van der Waals surface area (Å²) in [5, 5.41) is 5.56. The second-order valence-corrected chi connectivity index (χ2v) is 5.29. The highest BCUT2D eigenvalue weighted by Crippen LogP contribution is 2.22. The van der Waals surface area contributed by atoms with Gasteiger partial charge < -0.3 is 5.32 Å². The maximum Gasteiger partial charge on any atom is 0.0795 e. The van der Waals surface area contributed by atoms with Gasteiger partial charge in [0.15, 0.2) is 0 Å². The molecule has 0 bridgehead atoms. The van der Waals surface area contributed by atoms with Crippen LogP contribution in [0.3, 0.4) is 0 Å². The molecule has 0 aromatic carbocycles. The molecule has 0 atom stereocenters. The number of rotatable bonds is 3. The molecular weight excluding hydrogens is 206 g/mol. The van der Waals surface area contributed by atoms with Crippen LogP contribution in [0.4, 0.5) is 0 Å². The molecule has 1 aliphatic heterocycles. The minimum Gasteiger partial charge on any atom is -0.314 e. The number of piperidine rings is 1. The van der Waals surface area contributed by atoms with Crippen molar-refractivity contribution in [1.82, 2.24) is 15.2 Å². The SMILES string of the molecule is CNC1(C)CCN(Cc2cscn2)CC1. The minimum atomic E-state index is 0.346. The number of nitrogens with one attached hydrogen (secondary N) is 1. The van der Waals surface area contributed by atoms with Gasteiger partial charge in [-0.3, -0.25) is 4.90 Å². The van der Waals surface area contributed by atoms with Crippen LogP contribution in [0.1, 0.15) is 25.5 Å². The van der Waals surface area contributed by atoms with Gasteiger partial charge in [-0.15, -0.1) is 11.3 Å². The zero-order chi connectivity index (χ0) is 10.7. The van der Waals surface area contributed by atoms with Gasteiger partial charge in [0.2, 0.25) is 0 Å². The van der Waals surface area contributed by atoms with E-state index >= 15 is 0 Å². The molecule has 1 fully saturated rings. The quantitative estimate of drug-likeness (QED) is 0.849. The highest BCUT2D eigenvalue weighted by Gasteiger charge is 2.28. The van der Waals surface area contributed by atoms with Crippen molar-refractivity contribution in [3.05, 3.63) is 16.6 Å². The molecule has 2 heterocycles. The molecule has 0 aliphatic carbocycles. The second-order valence-electron chi connectivity index (χ2n) is 4.57. The summed E-state index contributed by atoms with van der Waals surface area (Å²) in [7, 11) is 2.07. The molecule has 0 unspecified atom stereocenters. The van der Waals surface area contributed by atoms with Crippen LogP contribution in [0.15, 0.2) is 10.9 Å². The Kier molecular flexibility index (Phi) is 3.38. The Morgan fingerprint density at radius 2 is 2.27 bits per heavy atom. The second kappa shape index (κ2) is 4.60. The third-order valence-electron chi connectivity index (χ3n) is 3.43. The largest absolute Gasteiger partial charge is 0.314 e. The van der Waals surface area contributed by atoms with E-state index in [9.17, 15) is 0 Å². The number of nitrogens with zero attached hydrogens (tertiary/aromatic N) is 2. The third kappa shape index (κ3) is 2.77. The Morgan fingerprint density at radius 3 is 2.80 bits per heavy atom. The number of hydrogen-bond donors (Lipinski definition) is 1. The van der Waals surface area contributed by atoms with Crippen molar-refractivity contribution in [2.45, 2.75) is 31.8 Å². The molecule has 0 spiro atoms. The van der Waals surface area contributed by atoms with E-state index < -0.39 is 0 Å². The molecule has 84 valence electrons. The minimum absolute atomic E-state index is 0.346. The zero-order valence-electron chi connectivity index (χ0n) is 9.49. The highest BCUT2D eigenvalue weighted by atomic mass is 32.1. The fraction of sp³-hybridized carbons (Fsp3) is 0.727. The third-order valence-corrected chi connectivity index (χ3v) is 4.07. The summed E-state index contributed by atoms with van der Waals surface area (Å²) in [4.78, 5) is 6.82. The number of thiazole rings is 1. The van der Waals surface area contributed by atoms with E-state index in [2.05, 4.69) is 34.6 Å². The van der Waals surface area contributed by atoms with E-state index in [4.69, 9.17) is 0 Å². The molecule has 0 amide bonds. The summed E-state index contributed by atoms with van der Waals surface area (Å²) >= 11 is 1.68. The van der Waals surface area contributed by atoms with Gasteiger partial charge in [0.1, 0.15) is 0 Å². The Bertz CT molecular complexity index is 289. The van der Waals surface area contributed by atoms with Crippen molar-refractivity contribution < 1.29 is 0 Å². The highest BCUT2D eigenvalue weighted by molar-refractivity contribution is 7.07. The fourth-order valence-electron chi connectivity index (χ4n) is 2.00. The monoisotopic (exact) mass is 225 g/mol. The van der Waals surface area contributed by atoms with Crippen LogP contribution in [0.2, 0.25) is 0 Å². The van der Waals surface area contributed by atoms with Crippen LogP contribution in [-0.4, -0.2) is 35.6 Å². The first-order valence-corrected chi connectivity index (χ1v) is 6.44. The molecule has 1 saturated heterocycles. The standard InChI is InChI=1S/C11H19N3S/c1-11(12-2)3-5-14(6-4-11)7-10-8-15-9-13-10/h8-9,12H,3-7H2,1-2H3. The van der Waals surface area contributed by atoms with Crippen molar-refractivity contribution in [2.24, 2.45) is 0 Å². The molecule has 3 nitrogen and oxygen atoms in total. The first kappa shape index (κ1) is 11.0. The Morgan fingerprint density at radius 1 is 1.53 bits per heavy atom. The molecule has 1 aromatic rings. The van der Waals surface area contributed by atoms with Crippen LogP contribution in [0, 0.1) is 0 Å².